The number of hydrogen-bond acceptors (Lipinski definition) is 4. The van der Waals surface area contributed by atoms with Crippen molar-refractivity contribution >= 4 is 11.8 Å². The summed E-state index contributed by atoms with van der Waals surface area (Å²) in [5.74, 6) is 0.389. The fourth-order valence-corrected chi connectivity index (χ4v) is 4.03. The predicted octanol–water partition coefficient (Wildman–Crippen LogP) is 2.35. The first-order valence-corrected chi connectivity index (χ1v) is 9.29. The van der Waals surface area contributed by atoms with E-state index in [4.69, 9.17) is 4.74 Å². The largest absolute Gasteiger partial charge is 0.481 e. The van der Waals surface area contributed by atoms with Gasteiger partial charge in [0.2, 0.25) is 11.8 Å². The molecule has 4 heterocycles. The fourth-order valence-electron chi connectivity index (χ4n) is 4.03. The van der Waals surface area contributed by atoms with E-state index in [1.54, 1.807) is 18.3 Å². The Labute approximate surface area is 158 Å². The van der Waals surface area contributed by atoms with Crippen molar-refractivity contribution in [1.29, 1.82) is 0 Å². The number of pyridine rings is 1. The van der Waals surface area contributed by atoms with Gasteiger partial charge in [-0.05, 0) is 24.5 Å². The molecule has 3 aliphatic heterocycles. The summed E-state index contributed by atoms with van der Waals surface area (Å²) in [5.41, 5.74) is 1.67. The zero-order valence-corrected chi connectivity index (χ0v) is 15.4. The maximum atomic E-state index is 13.0. The minimum absolute atomic E-state index is 0.0594. The van der Waals surface area contributed by atoms with Gasteiger partial charge in [0.1, 0.15) is 0 Å². The predicted molar refractivity (Wildman–Crippen MR) is 100 cm³/mol. The van der Waals surface area contributed by atoms with Crippen molar-refractivity contribution in [2.75, 3.05) is 20.2 Å². The lowest BCUT2D eigenvalue weighted by molar-refractivity contribution is -0.140. The minimum atomic E-state index is -0.125. The number of methoxy groups -OCH3 is 1. The number of piperidine rings is 1. The van der Waals surface area contributed by atoms with Gasteiger partial charge in [-0.15, -0.1) is 0 Å². The van der Waals surface area contributed by atoms with Gasteiger partial charge in [0, 0.05) is 43.5 Å². The summed E-state index contributed by atoms with van der Waals surface area (Å²) in [5, 5.41) is 0. The van der Waals surface area contributed by atoms with E-state index in [1.165, 1.54) is 7.11 Å². The van der Waals surface area contributed by atoms with Gasteiger partial charge in [-0.25, -0.2) is 4.98 Å². The van der Waals surface area contributed by atoms with Gasteiger partial charge in [0.25, 0.3) is 5.91 Å². The number of rotatable bonds is 4. The molecule has 6 nitrogen and oxygen atoms in total. The number of carbonyl (C=O) groups is 2. The van der Waals surface area contributed by atoms with E-state index in [9.17, 15) is 9.59 Å². The quantitative estimate of drug-likeness (QED) is 0.834. The van der Waals surface area contributed by atoms with Gasteiger partial charge in [-0.1, -0.05) is 30.3 Å². The Kier molecular flexibility index (Phi) is 4.79. The van der Waals surface area contributed by atoms with Crippen LogP contribution in [0.25, 0.3) is 0 Å². The summed E-state index contributed by atoms with van der Waals surface area (Å²) in [6.45, 7) is 1.65. The molecule has 0 spiro atoms. The van der Waals surface area contributed by atoms with Crippen LogP contribution in [0.1, 0.15) is 28.8 Å². The van der Waals surface area contributed by atoms with Crippen LogP contribution in [0.4, 0.5) is 0 Å². The fraction of sp³-hybridized carbons (Fsp3) is 0.381. The second-order valence-corrected chi connectivity index (χ2v) is 7.18. The van der Waals surface area contributed by atoms with Crippen LogP contribution >= 0.6 is 0 Å². The van der Waals surface area contributed by atoms with Gasteiger partial charge in [0.15, 0.2) is 0 Å². The van der Waals surface area contributed by atoms with Crippen LogP contribution in [-0.4, -0.2) is 52.8 Å². The SMILES string of the molecule is COc1cc(C(=O)N2C[C@H]3CC[C@@H](C2)N(Cc2ccccc2)C3=O)ccn1. The lowest BCUT2D eigenvalue weighted by atomic mass is 9.93. The second-order valence-electron chi connectivity index (χ2n) is 7.18. The Morgan fingerprint density at radius 2 is 2.00 bits per heavy atom. The van der Waals surface area contributed by atoms with Crippen LogP contribution in [-0.2, 0) is 11.3 Å². The standard InChI is InChI=1S/C21H23N3O3/c1-27-19-11-16(9-10-22-19)20(25)23-13-17-7-8-18(14-23)24(21(17)26)12-15-5-3-2-4-6-15/h2-6,9-11,17-18H,7-8,12-14H2,1H3/t17-,18+/m1/s1. The maximum absolute atomic E-state index is 13.0. The molecule has 1 aromatic heterocycles. The van der Waals surface area contributed by atoms with Crippen molar-refractivity contribution in [1.82, 2.24) is 14.8 Å². The van der Waals surface area contributed by atoms with Crippen LogP contribution in [0.2, 0.25) is 0 Å². The third kappa shape index (κ3) is 3.52. The molecular formula is C21H23N3O3. The molecule has 2 amide bonds. The molecule has 1 aromatic carbocycles. The molecule has 140 valence electrons. The first kappa shape index (κ1) is 17.5. The Balaban J connectivity index is 1.55. The monoisotopic (exact) mass is 365 g/mol. The molecule has 0 radical (unpaired) electrons. The van der Waals surface area contributed by atoms with E-state index in [2.05, 4.69) is 4.98 Å². The highest BCUT2D eigenvalue weighted by atomic mass is 16.5. The lowest BCUT2D eigenvalue weighted by Crippen LogP contribution is -2.47. The molecule has 3 aliphatic rings. The van der Waals surface area contributed by atoms with Crippen LogP contribution < -0.4 is 4.74 Å². The van der Waals surface area contributed by atoms with Gasteiger partial charge >= 0.3 is 0 Å². The average molecular weight is 365 g/mol. The van der Waals surface area contributed by atoms with Gasteiger partial charge < -0.3 is 14.5 Å². The molecule has 5 rings (SSSR count). The third-order valence-corrected chi connectivity index (χ3v) is 5.47. The molecule has 0 saturated carbocycles. The molecule has 6 heteroatoms. The van der Waals surface area contributed by atoms with Crippen LogP contribution in [0.15, 0.2) is 48.7 Å². The number of fused-ring (bicyclic) bond motifs is 4. The Bertz CT molecular complexity index is 840. The minimum Gasteiger partial charge on any atom is -0.481 e. The zero-order chi connectivity index (χ0) is 18.8. The smallest absolute Gasteiger partial charge is 0.254 e. The van der Waals surface area contributed by atoms with Crippen molar-refractivity contribution in [2.24, 2.45) is 5.92 Å². The summed E-state index contributed by atoms with van der Waals surface area (Å²) in [6, 6.07) is 13.4. The maximum Gasteiger partial charge on any atom is 0.254 e. The summed E-state index contributed by atoms with van der Waals surface area (Å²) in [7, 11) is 1.53. The van der Waals surface area contributed by atoms with Crippen molar-refractivity contribution < 1.29 is 14.3 Å². The van der Waals surface area contributed by atoms with Gasteiger partial charge in [-0.3, -0.25) is 9.59 Å². The van der Waals surface area contributed by atoms with Crippen molar-refractivity contribution in [3.05, 3.63) is 59.8 Å². The molecule has 2 atom stereocenters. The van der Waals surface area contributed by atoms with E-state index in [0.29, 0.717) is 31.1 Å². The molecule has 27 heavy (non-hydrogen) atoms. The van der Waals surface area contributed by atoms with Crippen LogP contribution in [0.5, 0.6) is 5.88 Å². The number of ether oxygens (including phenoxy) is 1. The number of hydrogen-bond donors (Lipinski definition) is 0. The Morgan fingerprint density at radius 1 is 1.19 bits per heavy atom. The molecule has 0 unspecified atom stereocenters. The van der Waals surface area contributed by atoms with Gasteiger partial charge in [0.05, 0.1) is 13.0 Å². The van der Waals surface area contributed by atoms with E-state index in [1.807, 2.05) is 40.1 Å². The Hall–Kier alpha value is -2.89. The van der Waals surface area contributed by atoms with E-state index in [0.717, 1.165) is 18.4 Å². The number of aromatic nitrogens is 1. The van der Waals surface area contributed by atoms with Crippen LogP contribution in [0.3, 0.4) is 0 Å². The zero-order valence-electron chi connectivity index (χ0n) is 15.4. The first-order chi connectivity index (χ1) is 13.2. The van der Waals surface area contributed by atoms with Gasteiger partial charge in [-0.2, -0.15) is 0 Å². The summed E-state index contributed by atoms with van der Waals surface area (Å²) >= 11 is 0. The number of nitrogens with zero attached hydrogens (tertiary/aromatic N) is 3. The highest BCUT2D eigenvalue weighted by molar-refractivity contribution is 5.95. The lowest BCUT2D eigenvalue weighted by Gasteiger charge is -2.36. The van der Waals surface area contributed by atoms with Crippen molar-refractivity contribution in [3.63, 3.8) is 0 Å². The van der Waals surface area contributed by atoms with E-state index in [-0.39, 0.29) is 23.8 Å². The average Bonchev–Trinajstić information content (AvgIpc) is 3.01. The molecule has 2 bridgehead atoms. The first-order valence-electron chi connectivity index (χ1n) is 9.29. The summed E-state index contributed by atoms with van der Waals surface area (Å²) in [6.07, 6.45) is 3.36. The molecular weight excluding hydrogens is 342 g/mol. The molecule has 2 aromatic rings. The van der Waals surface area contributed by atoms with Crippen LogP contribution in [0, 0.1) is 5.92 Å². The molecule has 3 fully saturated rings. The highest BCUT2D eigenvalue weighted by Crippen LogP contribution is 2.31. The normalized spacial score (nSPS) is 21.9. The molecule has 0 aliphatic carbocycles. The van der Waals surface area contributed by atoms with Crippen molar-refractivity contribution in [3.8, 4) is 5.88 Å². The summed E-state index contributed by atoms with van der Waals surface area (Å²) in [4.78, 5) is 33.8. The second kappa shape index (κ2) is 7.39. The van der Waals surface area contributed by atoms with E-state index < -0.39 is 0 Å². The summed E-state index contributed by atoms with van der Waals surface area (Å²) < 4.78 is 5.13. The molecule has 0 N–H and O–H groups in total. The third-order valence-electron chi connectivity index (χ3n) is 5.47. The highest BCUT2D eigenvalue weighted by Gasteiger charge is 2.41. The Morgan fingerprint density at radius 3 is 2.78 bits per heavy atom. The molecule has 3 saturated heterocycles. The van der Waals surface area contributed by atoms with Crippen molar-refractivity contribution in [2.45, 2.75) is 25.4 Å². The topological polar surface area (TPSA) is 62.7 Å². The number of carbonyl (C=O) groups excluding carboxylic acids is 2. The number of amides is 2. The number of benzene rings is 1. The van der Waals surface area contributed by atoms with E-state index >= 15 is 0 Å².